The van der Waals surface area contributed by atoms with Crippen LogP contribution in [0.4, 0.5) is 19.3 Å². The number of methoxy groups -OCH3 is 1. The van der Waals surface area contributed by atoms with E-state index in [0.717, 1.165) is 67.1 Å². The number of hydrogen-bond donors (Lipinski definition) is 2. The summed E-state index contributed by atoms with van der Waals surface area (Å²) >= 11 is 0. The molecule has 0 bridgehead atoms. The van der Waals surface area contributed by atoms with E-state index in [1.165, 1.54) is 7.11 Å². The Bertz CT molecular complexity index is 1330. The number of amides is 1. The maximum atomic E-state index is 14.7. The normalized spacial score (nSPS) is 21.7. The second-order valence-electron chi connectivity index (χ2n) is 10.1. The third-order valence-corrected chi connectivity index (χ3v) is 7.62. The van der Waals surface area contributed by atoms with Gasteiger partial charge in [-0.25, -0.2) is 18.6 Å². The number of aliphatic hydroxyl groups is 1. The molecule has 0 radical (unpaired) electrons. The first-order valence-corrected chi connectivity index (χ1v) is 12.8. The molecular formula is C28H33F2N3O5. The van der Waals surface area contributed by atoms with Crippen LogP contribution in [-0.2, 0) is 16.0 Å². The third kappa shape index (κ3) is 5.09. The van der Waals surface area contributed by atoms with Gasteiger partial charge in [0.2, 0.25) is 0 Å². The van der Waals surface area contributed by atoms with Crippen LogP contribution in [0.15, 0.2) is 30.3 Å². The van der Waals surface area contributed by atoms with E-state index in [1.54, 1.807) is 4.90 Å². The van der Waals surface area contributed by atoms with Crippen LogP contribution in [0.1, 0.15) is 75.0 Å². The zero-order valence-corrected chi connectivity index (χ0v) is 21.7. The first-order chi connectivity index (χ1) is 18.2. The van der Waals surface area contributed by atoms with Crippen molar-refractivity contribution in [2.24, 2.45) is 5.92 Å². The van der Waals surface area contributed by atoms with Crippen LogP contribution in [0.5, 0.6) is 0 Å². The first-order valence-electron chi connectivity index (χ1n) is 12.8. The maximum absolute atomic E-state index is 14.7. The maximum Gasteiger partial charge on any atom is 0.414 e. The van der Waals surface area contributed by atoms with E-state index >= 15 is 0 Å². The number of ether oxygens (including phenoxy) is 1. The minimum Gasteiger partial charge on any atom is -0.483 e. The fourth-order valence-corrected chi connectivity index (χ4v) is 5.87. The number of anilines is 1. The van der Waals surface area contributed by atoms with Gasteiger partial charge in [-0.3, -0.25) is 9.69 Å². The lowest BCUT2D eigenvalue weighted by Crippen LogP contribution is -2.42. The van der Waals surface area contributed by atoms with Gasteiger partial charge in [0.15, 0.2) is 0 Å². The summed E-state index contributed by atoms with van der Waals surface area (Å²) in [4.78, 5) is 27.4. The Kier molecular flexibility index (Phi) is 8.30. The summed E-state index contributed by atoms with van der Waals surface area (Å²) in [5.74, 6) is -0.479. The Morgan fingerprint density at radius 1 is 1.18 bits per heavy atom. The van der Waals surface area contributed by atoms with Crippen LogP contribution in [0.3, 0.4) is 0 Å². The monoisotopic (exact) mass is 529 g/mol. The highest BCUT2D eigenvalue weighted by atomic mass is 19.1. The molecule has 2 heterocycles. The highest BCUT2D eigenvalue weighted by Gasteiger charge is 2.34. The number of nitrogens with zero attached hydrogens (tertiary/aromatic N) is 3. The number of halogens is 2. The van der Waals surface area contributed by atoms with E-state index in [2.05, 4.69) is 6.92 Å². The van der Waals surface area contributed by atoms with Crippen LogP contribution in [-0.4, -0.2) is 45.5 Å². The van der Waals surface area contributed by atoms with Crippen LogP contribution in [0, 0.1) is 17.6 Å². The minimum absolute atomic E-state index is 0.0277. The number of carbonyl (C=O) groups is 2. The second kappa shape index (κ2) is 11.5. The Morgan fingerprint density at radius 2 is 1.92 bits per heavy atom. The molecule has 204 valence electrons. The van der Waals surface area contributed by atoms with Gasteiger partial charge in [-0.2, -0.15) is 0 Å². The van der Waals surface area contributed by atoms with E-state index in [4.69, 9.17) is 19.6 Å². The van der Waals surface area contributed by atoms with Crippen LogP contribution >= 0.6 is 0 Å². The number of benzene rings is 2. The highest BCUT2D eigenvalue weighted by molar-refractivity contribution is 5.95. The van der Waals surface area contributed by atoms with E-state index in [1.807, 2.05) is 23.6 Å². The van der Waals surface area contributed by atoms with Gasteiger partial charge >= 0.3 is 6.09 Å². The molecule has 4 unspecified atom stereocenters. The summed E-state index contributed by atoms with van der Waals surface area (Å²) < 4.78 is 35.7. The Morgan fingerprint density at radius 3 is 2.61 bits per heavy atom. The molecule has 8 nitrogen and oxygen atoms in total. The van der Waals surface area contributed by atoms with Crippen molar-refractivity contribution in [1.82, 2.24) is 9.55 Å². The predicted octanol–water partition coefficient (Wildman–Crippen LogP) is 5.76. The molecule has 1 amide bonds. The van der Waals surface area contributed by atoms with E-state index in [0.29, 0.717) is 23.7 Å². The van der Waals surface area contributed by atoms with Crippen molar-refractivity contribution in [1.29, 1.82) is 0 Å². The van der Waals surface area contributed by atoms with Crippen molar-refractivity contribution in [3.05, 3.63) is 58.9 Å². The molecule has 10 heteroatoms. The number of carbonyl (C=O) groups excluding carboxylic acids is 1. The van der Waals surface area contributed by atoms with Gasteiger partial charge in [0, 0.05) is 23.2 Å². The van der Waals surface area contributed by atoms with Gasteiger partial charge in [0.1, 0.15) is 23.6 Å². The van der Waals surface area contributed by atoms with Crippen molar-refractivity contribution < 1.29 is 33.3 Å². The zero-order valence-electron chi connectivity index (χ0n) is 21.7. The molecular weight excluding hydrogens is 496 g/mol. The van der Waals surface area contributed by atoms with Gasteiger partial charge in [-0.05, 0) is 68.9 Å². The Hall–Kier alpha value is -3.53. The Labute approximate surface area is 219 Å². The second-order valence-corrected chi connectivity index (χ2v) is 10.1. The van der Waals surface area contributed by atoms with Crippen LogP contribution in [0.2, 0.25) is 0 Å². The molecule has 0 saturated heterocycles. The van der Waals surface area contributed by atoms with Crippen LogP contribution in [0.25, 0.3) is 11.0 Å². The highest BCUT2D eigenvalue weighted by Crippen LogP contribution is 2.42. The number of imidazole rings is 1. The molecule has 4 atom stereocenters. The summed E-state index contributed by atoms with van der Waals surface area (Å²) in [5.41, 5.74) is 3.04. The number of aromatic nitrogens is 2. The van der Waals surface area contributed by atoms with Crippen molar-refractivity contribution in [2.75, 3.05) is 12.0 Å². The number of fused-ring (bicyclic) bond motifs is 3. The fourth-order valence-electron chi connectivity index (χ4n) is 5.87. The molecule has 1 aliphatic heterocycles. The van der Waals surface area contributed by atoms with Crippen molar-refractivity contribution in [3.63, 3.8) is 0 Å². The molecule has 2 N–H and O–H groups in total. The SMILES string of the molecule is COC(=O)N1c2ccc3c(nc(C(O)c4cc(F)ccc4F)n3C3CCCC(C)C3)c2CCC1C.O=CO. The van der Waals surface area contributed by atoms with Gasteiger partial charge < -0.3 is 19.5 Å². The minimum atomic E-state index is -1.43. The molecule has 1 saturated carbocycles. The first kappa shape index (κ1) is 27.5. The van der Waals surface area contributed by atoms with Crippen molar-refractivity contribution in [2.45, 2.75) is 70.6 Å². The lowest BCUT2D eigenvalue weighted by molar-refractivity contribution is -0.122. The molecule has 3 aromatic rings. The third-order valence-electron chi connectivity index (χ3n) is 7.62. The standard InChI is InChI=1S/C27H31F2N3O3.CH2O2/c1-15-5-4-6-18(13-15)32-23-12-11-22-19(9-7-16(2)31(22)27(34)35-3)24(23)30-26(32)25(33)20-14-17(28)8-10-21(20)29;2-1-3/h8,10-12,14-16,18,25,33H,4-7,9,13H2,1-3H3;1H,(H,2,3). The summed E-state index contributed by atoms with van der Waals surface area (Å²) in [6.45, 7) is 3.94. The molecule has 2 aliphatic rings. The van der Waals surface area contributed by atoms with E-state index in [9.17, 15) is 18.7 Å². The van der Waals surface area contributed by atoms with Crippen molar-refractivity contribution >= 4 is 29.3 Å². The largest absolute Gasteiger partial charge is 0.483 e. The number of aliphatic hydroxyl groups excluding tert-OH is 1. The topological polar surface area (TPSA) is 105 Å². The van der Waals surface area contributed by atoms with Crippen LogP contribution < -0.4 is 4.90 Å². The summed E-state index contributed by atoms with van der Waals surface area (Å²) in [6.07, 6.45) is 3.62. The fraction of sp³-hybridized carbons (Fsp3) is 0.464. The molecule has 1 fully saturated rings. The quantitative estimate of drug-likeness (QED) is 0.418. The van der Waals surface area contributed by atoms with E-state index in [-0.39, 0.29) is 24.1 Å². The molecule has 1 aliphatic carbocycles. The molecule has 5 rings (SSSR count). The molecule has 38 heavy (non-hydrogen) atoms. The number of hydrogen-bond acceptors (Lipinski definition) is 5. The average molecular weight is 530 g/mol. The molecule has 1 aromatic heterocycles. The number of rotatable bonds is 3. The number of carboxylic acid groups (broad SMARTS) is 1. The molecule has 2 aromatic carbocycles. The Balaban J connectivity index is 0.00000107. The predicted molar refractivity (Wildman–Crippen MR) is 138 cm³/mol. The summed E-state index contributed by atoms with van der Waals surface area (Å²) in [7, 11) is 1.36. The zero-order chi connectivity index (χ0) is 27.6. The van der Waals surface area contributed by atoms with E-state index < -0.39 is 23.8 Å². The van der Waals surface area contributed by atoms with Gasteiger partial charge in [-0.1, -0.05) is 19.8 Å². The summed E-state index contributed by atoms with van der Waals surface area (Å²) in [5, 5.41) is 18.2. The summed E-state index contributed by atoms with van der Waals surface area (Å²) in [6, 6.07) is 6.99. The average Bonchev–Trinajstić information content (AvgIpc) is 3.29. The van der Waals surface area contributed by atoms with Gasteiger partial charge in [-0.15, -0.1) is 0 Å². The van der Waals surface area contributed by atoms with Gasteiger partial charge in [0.05, 0.1) is 23.8 Å². The van der Waals surface area contributed by atoms with Gasteiger partial charge in [0.25, 0.3) is 6.47 Å². The lowest BCUT2D eigenvalue weighted by Gasteiger charge is -2.34. The molecule has 0 spiro atoms. The lowest BCUT2D eigenvalue weighted by atomic mass is 9.86. The smallest absolute Gasteiger partial charge is 0.414 e. The van der Waals surface area contributed by atoms with Crippen molar-refractivity contribution in [3.8, 4) is 0 Å². The number of aryl methyl sites for hydroxylation is 1.